The zero-order valence-electron chi connectivity index (χ0n) is 11.8. The highest BCUT2D eigenvalue weighted by Crippen LogP contribution is 2.32. The molecule has 1 aromatic rings. The first-order valence-electron chi connectivity index (χ1n) is 6.24. The SMILES string of the molecule is CCCN=C(N)NCCOc1ncc(C(F)(F)F)cc1Cl.I. The van der Waals surface area contributed by atoms with Crippen LogP contribution in [-0.4, -0.2) is 30.6 Å². The maximum absolute atomic E-state index is 12.4. The number of hydrogen-bond acceptors (Lipinski definition) is 3. The summed E-state index contributed by atoms with van der Waals surface area (Å²) in [6.45, 7) is 3.06. The van der Waals surface area contributed by atoms with Crippen LogP contribution in [0, 0.1) is 0 Å². The number of nitrogens with zero attached hydrogens (tertiary/aromatic N) is 2. The van der Waals surface area contributed by atoms with Crippen LogP contribution < -0.4 is 15.8 Å². The molecule has 0 unspecified atom stereocenters. The lowest BCUT2D eigenvalue weighted by Gasteiger charge is -2.11. The Kier molecular flexibility index (Phi) is 9.49. The van der Waals surface area contributed by atoms with Crippen LogP contribution in [0.5, 0.6) is 5.88 Å². The number of halogens is 5. The van der Waals surface area contributed by atoms with E-state index in [0.717, 1.165) is 12.5 Å². The van der Waals surface area contributed by atoms with E-state index in [1.807, 2.05) is 6.92 Å². The summed E-state index contributed by atoms with van der Waals surface area (Å²) in [6.07, 6.45) is -2.93. The molecular formula is C12H17ClF3IN4O. The molecule has 0 aliphatic carbocycles. The first-order chi connectivity index (χ1) is 9.84. The van der Waals surface area contributed by atoms with Gasteiger partial charge in [0, 0.05) is 12.7 Å². The molecular weight excluding hydrogens is 436 g/mol. The van der Waals surface area contributed by atoms with Gasteiger partial charge in [-0.1, -0.05) is 18.5 Å². The number of hydrogen-bond donors (Lipinski definition) is 2. The number of alkyl halides is 3. The topological polar surface area (TPSA) is 72.5 Å². The number of nitrogens with two attached hydrogens (primary N) is 1. The molecule has 0 atom stereocenters. The van der Waals surface area contributed by atoms with E-state index >= 15 is 0 Å². The van der Waals surface area contributed by atoms with Crippen molar-refractivity contribution in [2.45, 2.75) is 19.5 Å². The number of guanidine groups is 1. The third-order valence-corrected chi connectivity index (χ3v) is 2.56. The molecule has 0 aliphatic rings. The summed E-state index contributed by atoms with van der Waals surface area (Å²) in [7, 11) is 0. The van der Waals surface area contributed by atoms with Gasteiger partial charge in [-0.25, -0.2) is 4.98 Å². The number of ether oxygens (including phenoxy) is 1. The normalized spacial score (nSPS) is 11.8. The standard InChI is InChI=1S/C12H16ClF3N4O.HI/c1-2-3-18-11(17)19-4-5-21-10-9(13)6-8(7-20-10)12(14,15)16;/h6-7H,2-5H2,1H3,(H3,17,18,19);1H. The van der Waals surface area contributed by atoms with E-state index in [9.17, 15) is 13.2 Å². The van der Waals surface area contributed by atoms with Gasteiger partial charge in [-0.15, -0.1) is 24.0 Å². The van der Waals surface area contributed by atoms with E-state index in [0.29, 0.717) is 19.3 Å². The van der Waals surface area contributed by atoms with Crippen LogP contribution in [0.15, 0.2) is 17.3 Å². The largest absolute Gasteiger partial charge is 0.475 e. The molecule has 1 heterocycles. The van der Waals surface area contributed by atoms with Crippen molar-refractivity contribution < 1.29 is 17.9 Å². The zero-order valence-corrected chi connectivity index (χ0v) is 14.9. The molecule has 0 radical (unpaired) electrons. The molecule has 22 heavy (non-hydrogen) atoms. The van der Waals surface area contributed by atoms with Crippen LogP contribution in [0.4, 0.5) is 13.2 Å². The van der Waals surface area contributed by atoms with Crippen LogP contribution in [0.25, 0.3) is 0 Å². The van der Waals surface area contributed by atoms with E-state index in [4.69, 9.17) is 22.1 Å². The predicted octanol–water partition coefficient (Wildman–Crippen LogP) is 3.06. The maximum atomic E-state index is 12.4. The highest BCUT2D eigenvalue weighted by Gasteiger charge is 2.31. The van der Waals surface area contributed by atoms with Crippen LogP contribution in [0.1, 0.15) is 18.9 Å². The zero-order chi connectivity index (χ0) is 15.9. The number of rotatable bonds is 6. The van der Waals surface area contributed by atoms with Crippen molar-refractivity contribution in [1.29, 1.82) is 0 Å². The van der Waals surface area contributed by atoms with Crippen LogP contribution >= 0.6 is 35.6 Å². The van der Waals surface area contributed by atoms with Crippen molar-refractivity contribution in [3.8, 4) is 5.88 Å². The molecule has 1 rings (SSSR count). The van der Waals surface area contributed by atoms with Gasteiger partial charge in [0.05, 0.1) is 12.1 Å². The highest BCUT2D eigenvalue weighted by molar-refractivity contribution is 14.0. The van der Waals surface area contributed by atoms with Gasteiger partial charge in [-0.05, 0) is 12.5 Å². The average Bonchev–Trinajstić information content (AvgIpc) is 2.41. The summed E-state index contributed by atoms with van der Waals surface area (Å²) >= 11 is 5.69. The van der Waals surface area contributed by atoms with Gasteiger partial charge in [-0.2, -0.15) is 13.2 Å². The molecule has 5 nitrogen and oxygen atoms in total. The summed E-state index contributed by atoms with van der Waals surface area (Å²) < 4.78 is 42.4. The Balaban J connectivity index is 0.00000441. The Labute approximate surface area is 148 Å². The van der Waals surface area contributed by atoms with Crippen molar-refractivity contribution in [1.82, 2.24) is 10.3 Å². The van der Waals surface area contributed by atoms with Gasteiger partial charge in [0.1, 0.15) is 11.6 Å². The fourth-order valence-corrected chi connectivity index (χ4v) is 1.52. The minimum Gasteiger partial charge on any atom is -0.475 e. The van der Waals surface area contributed by atoms with Gasteiger partial charge < -0.3 is 15.8 Å². The molecule has 0 aliphatic heterocycles. The Morgan fingerprint density at radius 2 is 2.18 bits per heavy atom. The third-order valence-electron chi connectivity index (χ3n) is 2.29. The number of aliphatic imine (C=N–C) groups is 1. The minimum absolute atomic E-state index is 0. The second-order valence-corrected chi connectivity index (χ2v) is 4.46. The fourth-order valence-electron chi connectivity index (χ4n) is 1.30. The van der Waals surface area contributed by atoms with Crippen LogP contribution in [0.3, 0.4) is 0 Å². The predicted molar refractivity (Wildman–Crippen MR) is 89.9 cm³/mol. The average molecular weight is 453 g/mol. The fraction of sp³-hybridized carbons (Fsp3) is 0.500. The van der Waals surface area contributed by atoms with E-state index in [1.54, 1.807) is 0 Å². The molecule has 0 spiro atoms. The van der Waals surface area contributed by atoms with E-state index < -0.39 is 11.7 Å². The molecule has 0 saturated heterocycles. The highest BCUT2D eigenvalue weighted by atomic mass is 127. The van der Waals surface area contributed by atoms with Gasteiger partial charge in [-0.3, -0.25) is 4.99 Å². The third kappa shape index (κ3) is 7.34. The first-order valence-corrected chi connectivity index (χ1v) is 6.61. The van der Waals surface area contributed by atoms with Crippen molar-refractivity contribution in [3.05, 3.63) is 22.8 Å². The lowest BCUT2D eigenvalue weighted by Crippen LogP contribution is -2.34. The summed E-state index contributed by atoms with van der Waals surface area (Å²) in [6, 6.07) is 0.772. The number of pyridine rings is 1. The van der Waals surface area contributed by atoms with E-state index in [1.165, 1.54) is 0 Å². The molecule has 0 fully saturated rings. The monoisotopic (exact) mass is 452 g/mol. The van der Waals surface area contributed by atoms with Crippen molar-refractivity contribution in [3.63, 3.8) is 0 Å². The molecule has 1 aromatic heterocycles. The lowest BCUT2D eigenvalue weighted by molar-refractivity contribution is -0.137. The molecule has 0 amide bonds. The Bertz CT molecular complexity index is 500. The van der Waals surface area contributed by atoms with E-state index in [-0.39, 0.29) is 47.4 Å². The minimum atomic E-state index is -4.49. The quantitative estimate of drug-likeness (QED) is 0.301. The molecule has 3 N–H and O–H groups in total. The Hall–Kier alpha value is -0.970. The first kappa shape index (κ1) is 21.0. The summed E-state index contributed by atoms with van der Waals surface area (Å²) in [5, 5.41) is 2.60. The van der Waals surface area contributed by atoms with Crippen molar-refractivity contribution >= 4 is 41.5 Å². The molecule has 0 saturated carbocycles. The lowest BCUT2D eigenvalue weighted by atomic mass is 10.3. The van der Waals surface area contributed by atoms with Gasteiger partial charge in [0.15, 0.2) is 5.96 Å². The van der Waals surface area contributed by atoms with Crippen LogP contribution in [0.2, 0.25) is 5.02 Å². The summed E-state index contributed by atoms with van der Waals surface area (Å²) in [5.74, 6) is 0.225. The summed E-state index contributed by atoms with van der Waals surface area (Å²) in [4.78, 5) is 7.55. The second kappa shape index (κ2) is 9.93. The Morgan fingerprint density at radius 1 is 1.50 bits per heavy atom. The molecule has 126 valence electrons. The number of aromatic nitrogens is 1. The Morgan fingerprint density at radius 3 is 2.73 bits per heavy atom. The van der Waals surface area contributed by atoms with Crippen molar-refractivity contribution in [2.24, 2.45) is 10.7 Å². The number of nitrogens with one attached hydrogen (secondary N) is 1. The molecule has 10 heteroatoms. The smallest absolute Gasteiger partial charge is 0.417 e. The van der Waals surface area contributed by atoms with Gasteiger partial charge in [0.2, 0.25) is 5.88 Å². The second-order valence-electron chi connectivity index (χ2n) is 4.05. The van der Waals surface area contributed by atoms with Gasteiger partial charge >= 0.3 is 6.18 Å². The molecule has 0 aromatic carbocycles. The van der Waals surface area contributed by atoms with Crippen LogP contribution in [-0.2, 0) is 6.18 Å². The molecule has 0 bridgehead atoms. The van der Waals surface area contributed by atoms with E-state index in [2.05, 4.69) is 15.3 Å². The summed E-state index contributed by atoms with van der Waals surface area (Å²) in [5.41, 5.74) is 4.63. The van der Waals surface area contributed by atoms with Crippen molar-refractivity contribution in [2.75, 3.05) is 19.7 Å². The van der Waals surface area contributed by atoms with Gasteiger partial charge in [0.25, 0.3) is 0 Å². The maximum Gasteiger partial charge on any atom is 0.417 e.